The Hall–Kier alpha value is -2.09. The second-order valence-electron chi connectivity index (χ2n) is 5.26. The van der Waals surface area contributed by atoms with Crippen molar-refractivity contribution < 1.29 is 4.79 Å². The Balaban J connectivity index is 1.85. The Morgan fingerprint density at radius 3 is 2.15 bits per heavy atom. The second-order valence-corrected chi connectivity index (χ2v) is 5.26. The van der Waals surface area contributed by atoms with E-state index in [4.69, 9.17) is 0 Å². The fourth-order valence-electron chi connectivity index (χ4n) is 2.16. The van der Waals surface area contributed by atoms with Crippen LogP contribution in [0.25, 0.3) is 0 Å². The number of aryl methyl sites for hydroxylation is 1. The molecule has 0 fully saturated rings. The number of ketones is 1. The van der Waals surface area contributed by atoms with Crippen molar-refractivity contribution in [3.8, 4) is 0 Å². The number of rotatable bonds is 6. The summed E-state index contributed by atoms with van der Waals surface area (Å²) in [5.41, 5.74) is 3.47. The Bertz CT molecular complexity index is 543. The first-order valence-corrected chi connectivity index (χ1v) is 6.97. The van der Waals surface area contributed by atoms with Crippen LogP contribution in [0.1, 0.15) is 17.5 Å². The molecule has 2 aromatic rings. The van der Waals surface area contributed by atoms with Crippen molar-refractivity contribution in [2.75, 3.05) is 19.0 Å². The van der Waals surface area contributed by atoms with Crippen LogP contribution in [0.4, 0.5) is 5.69 Å². The first-order valence-electron chi connectivity index (χ1n) is 6.97. The van der Waals surface area contributed by atoms with Gasteiger partial charge in [-0.25, -0.2) is 0 Å². The zero-order valence-electron chi connectivity index (χ0n) is 12.2. The lowest BCUT2D eigenvalue weighted by molar-refractivity contribution is -0.118. The molecule has 2 nitrogen and oxygen atoms in total. The second kappa shape index (κ2) is 6.90. The number of nitrogens with zero attached hydrogens (tertiary/aromatic N) is 1. The molecule has 2 rings (SSSR count). The maximum Gasteiger partial charge on any atom is 0.137 e. The van der Waals surface area contributed by atoms with Crippen LogP contribution in [0, 0.1) is 0 Å². The molecule has 0 spiro atoms. The van der Waals surface area contributed by atoms with Crippen LogP contribution in [0.3, 0.4) is 0 Å². The number of Topliss-reactive ketones (excluding diaryl/α,β-unsaturated/α-hetero) is 1. The summed E-state index contributed by atoms with van der Waals surface area (Å²) in [6, 6.07) is 18.3. The van der Waals surface area contributed by atoms with E-state index in [1.165, 1.54) is 5.56 Å². The largest absolute Gasteiger partial charge is 0.378 e. The molecule has 2 heteroatoms. The van der Waals surface area contributed by atoms with E-state index >= 15 is 0 Å². The third-order valence-electron chi connectivity index (χ3n) is 3.39. The molecular weight excluding hydrogens is 246 g/mol. The first-order chi connectivity index (χ1) is 9.65. The number of carbonyl (C=O) groups excluding carboxylic acids is 1. The molecule has 0 radical (unpaired) electrons. The van der Waals surface area contributed by atoms with Crippen molar-refractivity contribution in [3.63, 3.8) is 0 Å². The monoisotopic (exact) mass is 267 g/mol. The van der Waals surface area contributed by atoms with Crippen molar-refractivity contribution >= 4 is 11.5 Å². The molecular formula is C18H21NO. The number of hydrogen-bond acceptors (Lipinski definition) is 2. The number of carbonyl (C=O) groups is 1. The molecule has 0 saturated heterocycles. The van der Waals surface area contributed by atoms with Crippen molar-refractivity contribution in [3.05, 3.63) is 65.7 Å². The minimum Gasteiger partial charge on any atom is -0.378 e. The van der Waals surface area contributed by atoms with E-state index < -0.39 is 0 Å². The molecule has 0 aliphatic rings. The highest BCUT2D eigenvalue weighted by atomic mass is 16.1. The smallest absolute Gasteiger partial charge is 0.137 e. The molecule has 0 N–H and O–H groups in total. The van der Waals surface area contributed by atoms with E-state index in [0.29, 0.717) is 18.6 Å². The summed E-state index contributed by atoms with van der Waals surface area (Å²) in [5.74, 6) is 0.298. The first kappa shape index (κ1) is 14.3. The summed E-state index contributed by atoms with van der Waals surface area (Å²) in [7, 11) is 4.03. The Morgan fingerprint density at radius 1 is 0.900 bits per heavy atom. The lowest BCUT2D eigenvalue weighted by Crippen LogP contribution is -2.09. The molecule has 0 heterocycles. The summed E-state index contributed by atoms with van der Waals surface area (Å²) in [5, 5.41) is 0. The Labute approximate surface area is 121 Å². The van der Waals surface area contributed by atoms with Gasteiger partial charge < -0.3 is 4.90 Å². The van der Waals surface area contributed by atoms with Gasteiger partial charge in [-0.3, -0.25) is 4.79 Å². The van der Waals surface area contributed by atoms with E-state index in [2.05, 4.69) is 29.2 Å². The van der Waals surface area contributed by atoms with Crippen LogP contribution >= 0.6 is 0 Å². The third-order valence-corrected chi connectivity index (χ3v) is 3.39. The highest BCUT2D eigenvalue weighted by Gasteiger charge is 2.05. The summed E-state index contributed by atoms with van der Waals surface area (Å²) in [4.78, 5) is 14.1. The van der Waals surface area contributed by atoms with Crippen LogP contribution in [-0.4, -0.2) is 19.9 Å². The van der Waals surface area contributed by atoms with Crippen LogP contribution < -0.4 is 4.90 Å². The van der Waals surface area contributed by atoms with Gasteiger partial charge in [0.15, 0.2) is 0 Å². The summed E-state index contributed by atoms with van der Waals surface area (Å²) in [6.45, 7) is 0. The van der Waals surface area contributed by atoms with Crippen LogP contribution in [0.15, 0.2) is 54.6 Å². The molecule has 2 aromatic carbocycles. The maximum absolute atomic E-state index is 12.0. The lowest BCUT2D eigenvalue weighted by Gasteiger charge is -2.12. The topological polar surface area (TPSA) is 20.3 Å². The summed E-state index contributed by atoms with van der Waals surface area (Å²) in [6.07, 6.45) is 1.97. The maximum atomic E-state index is 12.0. The fourth-order valence-corrected chi connectivity index (χ4v) is 2.16. The van der Waals surface area contributed by atoms with E-state index in [9.17, 15) is 4.79 Å². The molecule has 0 saturated carbocycles. The highest BCUT2D eigenvalue weighted by molar-refractivity contribution is 5.81. The van der Waals surface area contributed by atoms with Gasteiger partial charge in [-0.1, -0.05) is 42.5 Å². The Kier molecular flexibility index (Phi) is 4.94. The minimum absolute atomic E-state index is 0.298. The average molecular weight is 267 g/mol. The van der Waals surface area contributed by atoms with Crippen molar-refractivity contribution in [1.29, 1.82) is 0 Å². The molecule has 0 bridgehead atoms. The lowest BCUT2D eigenvalue weighted by atomic mass is 10.0. The molecule has 0 atom stereocenters. The van der Waals surface area contributed by atoms with E-state index in [-0.39, 0.29) is 0 Å². The van der Waals surface area contributed by atoms with E-state index in [1.54, 1.807) is 0 Å². The molecule has 0 aromatic heterocycles. The van der Waals surface area contributed by atoms with Gasteiger partial charge in [0, 0.05) is 32.6 Å². The molecule has 0 aliphatic carbocycles. The molecule has 104 valence electrons. The number of hydrogen-bond donors (Lipinski definition) is 0. The van der Waals surface area contributed by atoms with Gasteiger partial charge in [-0.05, 0) is 29.7 Å². The third kappa shape index (κ3) is 4.23. The Morgan fingerprint density at radius 2 is 1.55 bits per heavy atom. The van der Waals surface area contributed by atoms with E-state index in [0.717, 1.165) is 17.7 Å². The summed E-state index contributed by atoms with van der Waals surface area (Å²) < 4.78 is 0. The SMILES string of the molecule is CN(C)c1ccc(CC(=O)CCc2ccccc2)cc1. The predicted octanol–water partition coefficient (Wildman–Crippen LogP) is 3.50. The van der Waals surface area contributed by atoms with E-state index in [1.807, 2.05) is 44.4 Å². The zero-order valence-corrected chi connectivity index (χ0v) is 12.2. The van der Waals surface area contributed by atoms with Gasteiger partial charge in [-0.15, -0.1) is 0 Å². The van der Waals surface area contributed by atoms with Gasteiger partial charge in [-0.2, -0.15) is 0 Å². The van der Waals surface area contributed by atoms with Gasteiger partial charge in [0.1, 0.15) is 5.78 Å². The van der Waals surface area contributed by atoms with Crippen LogP contribution in [0.5, 0.6) is 0 Å². The van der Waals surface area contributed by atoms with Crippen LogP contribution in [0.2, 0.25) is 0 Å². The number of anilines is 1. The van der Waals surface area contributed by atoms with Crippen molar-refractivity contribution in [2.45, 2.75) is 19.3 Å². The van der Waals surface area contributed by atoms with Gasteiger partial charge >= 0.3 is 0 Å². The van der Waals surface area contributed by atoms with Crippen LogP contribution in [-0.2, 0) is 17.6 Å². The predicted molar refractivity (Wildman–Crippen MR) is 84.2 cm³/mol. The normalized spacial score (nSPS) is 10.3. The van der Waals surface area contributed by atoms with Crippen molar-refractivity contribution in [1.82, 2.24) is 0 Å². The molecule has 0 unspecified atom stereocenters. The number of benzene rings is 2. The molecule has 0 amide bonds. The standard InChI is InChI=1S/C18H21NO/c1-19(2)17-11-8-16(9-12-17)14-18(20)13-10-15-6-4-3-5-7-15/h3-9,11-12H,10,13-14H2,1-2H3. The molecule has 0 aliphatic heterocycles. The average Bonchev–Trinajstić information content (AvgIpc) is 2.47. The highest BCUT2D eigenvalue weighted by Crippen LogP contribution is 2.13. The van der Waals surface area contributed by atoms with Gasteiger partial charge in [0.05, 0.1) is 0 Å². The zero-order chi connectivity index (χ0) is 14.4. The van der Waals surface area contributed by atoms with Crippen molar-refractivity contribution in [2.24, 2.45) is 0 Å². The quantitative estimate of drug-likeness (QED) is 0.798. The summed E-state index contributed by atoms with van der Waals surface area (Å²) >= 11 is 0. The minimum atomic E-state index is 0.298. The van der Waals surface area contributed by atoms with Gasteiger partial charge in [0.2, 0.25) is 0 Å². The van der Waals surface area contributed by atoms with Gasteiger partial charge in [0.25, 0.3) is 0 Å². The molecule has 20 heavy (non-hydrogen) atoms. The fraction of sp³-hybridized carbons (Fsp3) is 0.278.